The van der Waals surface area contributed by atoms with Crippen molar-refractivity contribution in [3.05, 3.63) is 68.6 Å². The average Bonchev–Trinajstić information content (AvgIpc) is 3.51. The van der Waals surface area contributed by atoms with E-state index in [0.717, 1.165) is 44.4 Å². The first-order valence-electron chi connectivity index (χ1n) is 11.0. The molecule has 0 saturated heterocycles. The number of amidine groups is 2. The number of benzene rings is 2. The van der Waals surface area contributed by atoms with Crippen LogP contribution in [0.2, 0.25) is 0 Å². The summed E-state index contributed by atoms with van der Waals surface area (Å²) in [7, 11) is 0. The highest BCUT2D eigenvalue weighted by Crippen LogP contribution is 2.23. The van der Waals surface area contributed by atoms with Crippen LogP contribution in [0.5, 0.6) is 10.9 Å². The molecule has 0 saturated carbocycles. The van der Waals surface area contributed by atoms with E-state index in [1.807, 2.05) is 55.5 Å². The topological polar surface area (TPSA) is 147 Å². The summed E-state index contributed by atoms with van der Waals surface area (Å²) >= 11 is 7.92. The predicted molar refractivity (Wildman–Crippen MR) is 154 cm³/mol. The quantitative estimate of drug-likeness (QED) is 0.142. The Balaban J connectivity index is 1.16. The van der Waals surface area contributed by atoms with Gasteiger partial charge in [-0.2, -0.15) is 21.7 Å². The number of halogens is 1. The summed E-state index contributed by atoms with van der Waals surface area (Å²) in [6.07, 6.45) is 1.55. The van der Waals surface area contributed by atoms with Gasteiger partial charge in [0.2, 0.25) is 5.13 Å². The van der Waals surface area contributed by atoms with E-state index in [9.17, 15) is 0 Å². The van der Waals surface area contributed by atoms with E-state index in [-0.39, 0.29) is 12.0 Å². The molecule has 0 aliphatic heterocycles. The molecule has 0 unspecified atom stereocenters. The van der Waals surface area contributed by atoms with E-state index < -0.39 is 0 Å². The van der Waals surface area contributed by atoms with Gasteiger partial charge in [-0.1, -0.05) is 61.4 Å². The molecule has 4 N–H and O–H groups in total. The van der Waals surface area contributed by atoms with Crippen molar-refractivity contribution in [2.75, 3.05) is 11.5 Å². The number of nitrogens with zero attached hydrogens (tertiary/aromatic N) is 6. The lowest BCUT2D eigenvalue weighted by molar-refractivity contribution is 0.530. The van der Waals surface area contributed by atoms with Crippen LogP contribution in [0.4, 0.5) is 10.8 Å². The monoisotopic (exact) mass is 618 g/mol. The predicted octanol–water partition coefficient (Wildman–Crippen LogP) is 5.03. The lowest BCUT2D eigenvalue weighted by atomic mass is 10.2. The smallest absolute Gasteiger partial charge is 0.301 e. The maximum absolute atomic E-state index is 5.88. The molecule has 0 aliphatic rings. The minimum atomic E-state index is 0.0172. The zero-order valence-electron chi connectivity index (χ0n) is 19.7. The van der Waals surface area contributed by atoms with Gasteiger partial charge in [0.1, 0.15) is 15.8 Å². The molecular formula is C23H23BrN8O2S3. The second kappa shape index (κ2) is 13.5. The van der Waals surface area contributed by atoms with Crippen molar-refractivity contribution in [1.82, 2.24) is 20.4 Å². The number of nitrogens with two attached hydrogens (primary N) is 2. The molecule has 0 amide bonds. The Morgan fingerprint density at radius 2 is 1.49 bits per heavy atom. The fourth-order valence-corrected chi connectivity index (χ4v) is 5.60. The van der Waals surface area contributed by atoms with E-state index >= 15 is 0 Å². The summed E-state index contributed by atoms with van der Waals surface area (Å²) in [6.45, 7) is 2.00. The van der Waals surface area contributed by atoms with Gasteiger partial charge in [0.15, 0.2) is 0 Å². The number of ether oxygens (including phenoxy) is 2. The van der Waals surface area contributed by atoms with Crippen molar-refractivity contribution >= 4 is 73.2 Å². The van der Waals surface area contributed by atoms with Gasteiger partial charge in [-0.05, 0) is 54.8 Å². The maximum Gasteiger partial charge on any atom is 0.301 e. The van der Waals surface area contributed by atoms with E-state index in [4.69, 9.17) is 20.9 Å². The maximum atomic E-state index is 5.88. The molecule has 37 heavy (non-hydrogen) atoms. The zero-order valence-corrected chi connectivity index (χ0v) is 23.7. The number of hydrogen-bond acceptors (Lipinski definition) is 11. The minimum Gasteiger partial charge on any atom is -0.426 e. The Bertz CT molecular complexity index is 1360. The third kappa shape index (κ3) is 9.07. The third-order valence-electron chi connectivity index (χ3n) is 4.53. The molecule has 4 rings (SSSR count). The first-order valence-corrected chi connectivity index (χ1v) is 14.6. The molecule has 2 aromatic heterocycles. The lowest BCUT2D eigenvalue weighted by Gasteiger charge is -2.03. The van der Waals surface area contributed by atoms with Crippen LogP contribution in [0.3, 0.4) is 0 Å². The molecule has 0 spiro atoms. The van der Waals surface area contributed by atoms with Gasteiger partial charge in [-0.25, -0.2) is 0 Å². The number of aliphatic imine (C=N–C) groups is 2. The molecule has 2 aromatic carbocycles. The van der Waals surface area contributed by atoms with Crippen LogP contribution in [0.25, 0.3) is 0 Å². The molecule has 14 heteroatoms. The third-order valence-corrected chi connectivity index (χ3v) is 7.78. The standard InChI is InChI=1S/C23H23BrN8O2S3/c1-14-2-8-17(9-3-14)33-21(26)28-22-31-29-18(36-22)10-12-35-13-11-19-30-32-23(37-19)34-20(25)27-16-6-4-15(24)5-7-16/h2-9H,10-13H2,1H3,(H2,25,27)(H2,26,28,31). The van der Waals surface area contributed by atoms with Gasteiger partial charge in [0, 0.05) is 17.3 Å². The number of thioether (sulfide) groups is 1. The van der Waals surface area contributed by atoms with Crippen molar-refractivity contribution in [2.24, 2.45) is 21.5 Å². The molecule has 10 nitrogen and oxygen atoms in total. The van der Waals surface area contributed by atoms with Crippen molar-refractivity contribution in [1.29, 1.82) is 0 Å². The molecule has 192 valence electrons. The van der Waals surface area contributed by atoms with E-state index in [0.29, 0.717) is 21.8 Å². The van der Waals surface area contributed by atoms with Crippen LogP contribution >= 0.6 is 50.4 Å². The zero-order chi connectivity index (χ0) is 26.0. The molecule has 2 heterocycles. The molecule has 0 aliphatic carbocycles. The molecule has 0 bridgehead atoms. The second-order valence-corrected chi connectivity index (χ2v) is 11.7. The van der Waals surface area contributed by atoms with Crippen LogP contribution in [0, 0.1) is 6.92 Å². The fraction of sp³-hybridized carbons (Fsp3) is 0.217. The molecule has 0 atom stereocenters. The summed E-state index contributed by atoms with van der Waals surface area (Å²) in [5.41, 5.74) is 13.6. The Morgan fingerprint density at radius 3 is 2.22 bits per heavy atom. The highest BCUT2D eigenvalue weighted by Gasteiger charge is 2.09. The Kier molecular flexibility index (Phi) is 9.82. The molecule has 4 aromatic rings. The van der Waals surface area contributed by atoms with Crippen LogP contribution in [0.15, 0.2) is 63.0 Å². The second-order valence-electron chi connectivity index (χ2n) is 7.45. The summed E-state index contributed by atoms with van der Waals surface area (Å²) in [4.78, 5) is 8.41. The fourth-order valence-electron chi connectivity index (χ4n) is 2.79. The first kappa shape index (κ1) is 27.0. The highest BCUT2D eigenvalue weighted by molar-refractivity contribution is 9.10. The Hall–Kier alpha value is -3.07. The number of aryl methyl sites for hydroxylation is 3. The minimum absolute atomic E-state index is 0.0172. The van der Waals surface area contributed by atoms with Gasteiger partial charge in [0.05, 0.1) is 5.69 Å². The summed E-state index contributed by atoms with van der Waals surface area (Å²) in [6, 6.07) is 15.0. The van der Waals surface area contributed by atoms with Crippen molar-refractivity contribution < 1.29 is 9.47 Å². The van der Waals surface area contributed by atoms with Gasteiger partial charge >= 0.3 is 5.19 Å². The van der Waals surface area contributed by atoms with Gasteiger partial charge < -0.3 is 20.9 Å². The van der Waals surface area contributed by atoms with Crippen LogP contribution in [-0.4, -0.2) is 43.9 Å². The highest BCUT2D eigenvalue weighted by atomic mass is 79.9. The number of rotatable bonds is 10. The molecular weight excluding hydrogens is 596 g/mol. The van der Waals surface area contributed by atoms with Gasteiger partial charge in [0.25, 0.3) is 12.0 Å². The Morgan fingerprint density at radius 1 is 0.838 bits per heavy atom. The SMILES string of the molecule is Cc1ccc(OC(N)=Nc2nnc(CCSCCc3nnc(OC(N)=Nc4ccc(Br)cc4)s3)s2)cc1. The number of aromatic nitrogens is 4. The van der Waals surface area contributed by atoms with E-state index in [2.05, 4.69) is 46.3 Å². The van der Waals surface area contributed by atoms with Gasteiger partial charge in [-0.15, -0.1) is 15.3 Å². The summed E-state index contributed by atoms with van der Waals surface area (Å²) in [5.74, 6) is 2.40. The molecule has 0 radical (unpaired) electrons. The average molecular weight is 620 g/mol. The first-order chi connectivity index (χ1) is 17.9. The van der Waals surface area contributed by atoms with Gasteiger partial charge in [-0.3, -0.25) is 0 Å². The van der Waals surface area contributed by atoms with Crippen molar-refractivity contribution in [2.45, 2.75) is 19.8 Å². The number of hydrogen-bond donors (Lipinski definition) is 2. The van der Waals surface area contributed by atoms with Crippen LogP contribution < -0.4 is 20.9 Å². The molecule has 0 fully saturated rings. The largest absolute Gasteiger partial charge is 0.426 e. The summed E-state index contributed by atoms with van der Waals surface area (Å²) in [5, 5.41) is 19.0. The normalized spacial score (nSPS) is 12.1. The lowest BCUT2D eigenvalue weighted by Crippen LogP contribution is -2.19. The van der Waals surface area contributed by atoms with Crippen molar-refractivity contribution in [3.8, 4) is 10.9 Å². The van der Waals surface area contributed by atoms with Crippen LogP contribution in [0.1, 0.15) is 15.6 Å². The summed E-state index contributed by atoms with van der Waals surface area (Å²) < 4.78 is 12.0. The van der Waals surface area contributed by atoms with E-state index in [1.54, 1.807) is 11.8 Å². The van der Waals surface area contributed by atoms with Crippen molar-refractivity contribution in [3.63, 3.8) is 0 Å². The van der Waals surface area contributed by atoms with E-state index in [1.165, 1.54) is 22.7 Å². The Labute approximate surface area is 234 Å². The van der Waals surface area contributed by atoms with Crippen LogP contribution in [-0.2, 0) is 12.8 Å².